The lowest BCUT2D eigenvalue weighted by Gasteiger charge is -2.39. The molecule has 1 fully saturated rings. The van der Waals surface area contributed by atoms with Crippen LogP contribution in [0.4, 0.5) is 11.6 Å². The van der Waals surface area contributed by atoms with E-state index in [4.69, 9.17) is 29.0 Å². The molecule has 19 heavy (non-hydrogen) atoms. The van der Waals surface area contributed by atoms with E-state index < -0.39 is 0 Å². The molecule has 2 rings (SSSR count). The van der Waals surface area contributed by atoms with Gasteiger partial charge in [-0.15, -0.1) is 0 Å². The maximum Gasteiger partial charge on any atom is 0.161 e. The maximum absolute atomic E-state index is 6.17. The molecule has 7 heteroatoms. The molecule has 5 nitrogen and oxygen atoms in total. The first-order valence-electron chi connectivity index (χ1n) is 6.40. The number of anilines is 2. The predicted octanol–water partition coefficient (Wildman–Crippen LogP) is 3.26. The molecule has 1 aromatic heterocycles. The molecule has 2 atom stereocenters. The monoisotopic (exact) mass is 303 g/mol. The minimum atomic E-state index is 0.401. The highest BCUT2D eigenvalue weighted by Gasteiger charge is 2.25. The summed E-state index contributed by atoms with van der Waals surface area (Å²) in [4.78, 5) is 4.30. The van der Waals surface area contributed by atoms with Crippen molar-refractivity contribution in [2.75, 3.05) is 10.9 Å². The minimum Gasteiger partial charge on any atom is -0.307 e. The van der Waals surface area contributed by atoms with Crippen molar-refractivity contribution in [1.29, 1.82) is 0 Å². The van der Waals surface area contributed by atoms with Gasteiger partial charge in [0.2, 0.25) is 0 Å². The molecule has 4 N–H and O–H groups in total. The van der Waals surface area contributed by atoms with E-state index in [2.05, 4.69) is 34.7 Å². The summed E-state index contributed by atoms with van der Waals surface area (Å²) < 4.78 is 0. The van der Waals surface area contributed by atoms with Gasteiger partial charge in [-0.3, -0.25) is 0 Å². The fraction of sp³-hybridized carbons (Fsp3) is 0.583. The molecular weight excluding hydrogens is 285 g/mol. The normalized spacial score (nSPS) is 24.3. The van der Waals surface area contributed by atoms with Gasteiger partial charge in [0.05, 0.1) is 10.0 Å². The van der Waals surface area contributed by atoms with Crippen LogP contribution in [-0.2, 0) is 0 Å². The molecule has 0 aliphatic carbocycles. The van der Waals surface area contributed by atoms with Crippen molar-refractivity contribution in [2.45, 2.75) is 45.2 Å². The molecule has 106 valence electrons. The molecule has 0 saturated carbocycles. The molecule has 0 aromatic carbocycles. The third-order valence-electron chi connectivity index (χ3n) is 3.49. The third-order valence-corrected chi connectivity index (χ3v) is 4.07. The van der Waals surface area contributed by atoms with Crippen molar-refractivity contribution in [3.8, 4) is 0 Å². The van der Waals surface area contributed by atoms with Crippen LogP contribution in [0.15, 0.2) is 6.07 Å². The lowest BCUT2D eigenvalue weighted by atomic mass is 10.00. The number of pyridine rings is 1. The van der Waals surface area contributed by atoms with E-state index in [0.717, 1.165) is 12.8 Å². The Kier molecular flexibility index (Phi) is 4.73. The van der Waals surface area contributed by atoms with Gasteiger partial charge in [0.15, 0.2) is 11.6 Å². The van der Waals surface area contributed by atoms with Crippen LogP contribution >= 0.6 is 23.2 Å². The number of nitrogens with zero attached hydrogens (tertiary/aromatic N) is 2. The molecule has 0 radical (unpaired) electrons. The zero-order valence-electron chi connectivity index (χ0n) is 11.1. The second-order valence-electron chi connectivity index (χ2n) is 4.94. The number of rotatable bonds is 3. The fourth-order valence-corrected chi connectivity index (χ4v) is 2.87. The largest absolute Gasteiger partial charge is 0.307 e. The second kappa shape index (κ2) is 6.13. The van der Waals surface area contributed by atoms with Crippen molar-refractivity contribution < 1.29 is 0 Å². The quantitative estimate of drug-likeness (QED) is 0.591. The first-order chi connectivity index (χ1) is 9.02. The SMILES string of the molecule is CC1CCCC(C)N1Nc1nc(NN)c(Cl)cc1Cl. The minimum absolute atomic E-state index is 0.401. The Morgan fingerprint density at radius 3 is 2.37 bits per heavy atom. The highest BCUT2D eigenvalue weighted by atomic mass is 35.5. The Hall–Kier alpha value is -0.750. The van der Waals surface area contributed by atoms with Gasteiger partial charge in [-0.25, -0.2) is 15.8 Å². The summed E-state index contributed by atoms with van der Waals surface area (Å²) in [6.45, 7) is 4.38. The number of aromatic nitrogens is 1. The molecule has 1 aliphatic rings. The molecule has 1 aromatic rings. The molecule has 0 bridgehead atoms. The summed E-state index contributed by atoms with van der Waals surface area (Å²) in [6, 6.07) is 2.51. The molecule has 2 heterocycles. The van der Waals surface area contributed by atoms with Crippen LogP contribution in [0.3, 0.4) is 0 Å². The topological polar surface area (TPSA) is 66.2 Å². The first kappa shape index (κ1) is 14.7. The summed E-state index contributed by atoms with van der Waals surface area (Å²) in [7, 11) is 0. The number of hydrazine groups is 2. The Morgan fingerprint density at radius 2 is 1.79 bits per heavy atom. The Balaban J connectivity index is 2.22. The van der Waals surface area contributed by atoms with Crippen LogP contribution in [0.25, 0.3) is 0 Å². The van der Waals surface area contributed by atoms with E-state index in [-0.39, 0.29) is 0 Å². The highest BCUT2D eigenvalue weighted by Crippen LogP contribution is 2.31. The van der Waals surface area contributed by atoms with Gasteiger partial charge in [0, 0.05) is 12.1 Å². The van der Waals surface area contributed by atoms with E-state index in [0.29, 0.717) is 33.8 Å². The maximum atomic E-state index is 6.17. The van der Waals surface area contributed by atoms with Crippen molar-refractivity contribution in [1.82, 2.24) is 9.99 Å². The number of piperidine rings is 1. The predicted molar refractivity (Wildman–Crippen MR) is 80.3 cm³/mol. The Morgan fingerprint density at radius 1 is 1.21 bits per heavy atom. The smallest absolute Gasteiger partial charge is 0.161 e. The summed E-state index contributed by atoms with van der Waals surface area (Å²) in [5, 5.41) is 3.07. The van der Waals surface area contributed by atoms with Crippen molar-refractivity contribution in [2.24, 2.45) is 5.84 Å². The molecule has 0 amide bonds. The van der Waals surface area contributed by atoms with Crippen LogP contribution in [0, 0.1) is 0 Å². The summed E-state index contributed by atoms with van der Waals surface area (Å²) >= 11 is 12.1. The lowest BCUT2D eigenvalue weighted by molar-refractivity contribution is 0.135. The molecule has 1 saturated heterocycles. The number of nitrogens with two attached hydrogens (primary N) is 1. The zero-order valence-corrected chi connectivity index (χ0v) is 12.6. The van der Waals surface area contributed by atoms with Gasteiger partial charge in [-0.1, -0.05) is 29.6 Å². The lowest BCUT2D eigenvalue weighted by Crippen LogP contribution is -2.47. The zero-order chi connectivity index (χ0) is 14.0. The van der Waals surface area contributed by atoms with E-state index in [1.165, 1.54) is 6.42 Å². The number of hydrogen-bond donors (Lipinski definition) is 3. The molecule has 1 aliphatic heterocycles. The highest BCUT2D eigenvalue weighted by molar-refractivity contribution is 6.37. The number of nitrogen functional groups attached to an aromatic ring is 1. The van der Waals surface area contributed by atoms with Crippen LogP contribution in [0.5, 0.6) is 0 Å². The molecule has 0 spiro atoms. The first-order valence-corrected chi connectivity index (χ1v) is 7.16. The standard InChI is InChI=1S/C12H19Cl2N5/c1-7-4-3-5-8(2)19(7)18-12-10(14)6-9(13)11(16-12)17-15/h6-8H,3-5,15H2,1-2H3,(H2,16,17,18). The van der Waals surface area contributed by atoms with Gasteiger partial charge in [0.25, 0.3) is 0 Å². The summed E-state index contributed by atoms with van der Waals surface area (Å²) in [6.07, 6.45) is 3.56. The van der Waals surface area contributed by atoms with Gasteiger partial charge in [0.1, 0.15) is 0 Å². The summed E-state index contributed by atoms with van der Waals surface area (Å²) in [5.74, 6) is 6.35. The Bertz CT molecular complexity index is 444. The Labute approximate surface area is 123 Å². The third kappa shape index (κ3) is 3.23. The number of nitrogens with one attached hydrogen (secondary N) is 2. The van der Waals surface area contributed by atoms with Crippen molar-refractivity contribution >= 4 is 34.8 Å². The van der Waals surface area contributed by atoms with Crippen LogP contribution < -0.4 is 16.7 Å². The van der Waals surface area contributed by atoms with Crippen LogP contribution in [0.1, 0.15) is 33.1 Å². The average molecular weight is 304 g/mol. The fourth-order valence-electron chi connectivity index (χ4n) is 2.41. The van der Waals surface area contributed by atoms with Crippen LogP contribution in [0.2, 0.25) is 10.0 Å². The average Bonchev–Trinajstić information content (AvgIpc) is 2.36. The van der Waals surface area contributed by atoms with Crippen molar-refractivity contribution in [3.05, 3.63) is 16.1 Å². The number of halogens is 2. The number of hydrogen-bond acceptors (Lipinski definition) is 5. The van der Waals surface area contributed by atoms with Gasteiger partial charge in [-0.2, -0.15) is 0 Å². The van der Waals surface area contributed by atoms with Crippen LogP contribution in [-0.4, -0.2) is 22.1 Å². The van der Waals surface area contributed by atoms with E-state index in [1.807, 2.05) is 0 Å². The van der Waals surface area contributed by atoms with E-state index >= 15 is 0 Å². The molecule has 2 unspecified atom stereocenters. The van der Waals surface area contributed by atoms with E-state index in [9.17, 15) is 0 Å². The van der Waals surface area contributed by atoms with E-state index in [1.54, 1.807) is 6.07 Å². The van der Waals surface area contributed by atoms with Crippen molar-refractivity contribution in [3.63, 3.8) is 0 Å². The van der Waals surface area contributed by atoms with Gasteiger partial charge < -0.3 is 10.9 Å². The summed E-state index contributed by atoms with van der Waals surface area (Å²) in [5.41, 5.74) is 5.75. The van der Waals surface area contributed by atoms with Gasteiger partial charge in [-0.05, 0) is 32.8 Å². The molecular formula is C12H19Cl2N5. The van der Waals surface area contributed by atoms with Gasteiger partial charge >= 0.3 is 0 Å². The second-order valence-corrected chi connectivity index (χ2v) is 5.76.